The molecule has 194 valence electrons. The predicted octanol–water partition coefficient (Wildman–Crippen LogP) is 0.193. The maximum absolute atomic E-state index is 13.6. The summed E-state index contributed by atoms with van der Waals surface area (Å²) in [7, 11) is 3.09. The molecule has 0 bridgehead atoms. The number of nitrogens with zero attached hydrogens (tertiary/aromatic N) is 2. The quantitative estimate of drug-likeness (QED) is 0.236. The van der Waals surface area contributed by atoms with Crippen molar-refractivity contribution in [1.82, 2.24) is 4.90 Å². The first-order valence-electron chi connectivity index (χ1n) is 11.2. The molecule has 0 saturated carbocycles. The smallest absolute Gasteiger partial charge is 0.412 e. The summed E-state index contributed by atoms with van der Waals surface area (Å²) in [4.78, 5) is 52.1. The number of likely N-dealkylation sites (N-methyl/N-ethyl adjacent to an activating group) is 1. The molecule has 1 aromatic rings. The zero-order valence-electron chi connectivity index (χ0n) is 19.8. The Morgan fingerprint density at radius 3 is 2.54 bits per heavy atom. The lowest BCUT2D eigenvalue weighted by Gasteiger charge is -2.50. The molecule has 7 N–H and O–H groups in total. The van der Waals surface area contributed by atoms with Crippen molar-refractivity contribution >= 4 is 29.3 Å². The number of nitrogens with one attached hydrogen (secondary N) is 1. The first-order valence-corrected chi connectivity index (χ1v) is 11.2. The Morgan fingerprint density at radius 2 is 1.95 bits per heavy atom. The van der Waals surface area contributed by atoms with E-state index in [0.717, 1.165) is 0 Å². The molecule has 4 rings (SSSR count). The number of phenolic OH excluding ortho intramolecular Hbond substituents is 1. The van der Waals surface area contributed by atoms with Gasteiger partial charge in [0.1, 0.15) is 23.2 Å². The highest BCUT2D eigenvalue weighted by Crippen LogP contribution is 2.52. The third kappa shape index (κ3) is 3.69. The number of hydrogen-bond acceptors (Lipinski definition) is 11. The molecule has 0 heterocycles. The summed E-state index contributed by atoms with van der Waals surface area (Å²) in [5.41, 5.74) is 1.26. The van der Waals surface area contributed by atoms with E-state index in [2.05, 4.69) is 10.1 Å². The molecule has 4 atom stereocenters. The number of hydrogen-bond donors (Lipinski definition) is 6. The zero-order chi connectivity index (χ0) is 27.4. The van der Waals surface area contributed by atoms with Crippen LogP contribution in [0.5, 0.6) is 5.75 Å². The van der Waals surface area contributed by atoms with Crippen molar-refractivity contribution in [2.75, 3.05) is 26.0 Å². The Kier molecular flexibility index (Phi) is 6.19. The van der Waals surface area contributed by atoms with Crippen molar-refractivity contribution < 1.29 is 44.3 Å². The van der Waals surface area contributed by atoms with Crippen LogP contribution < -0.4 is 11.1 Å². The zero-order valence-corrected chi connectivity index (χ0v) is 19.8. The number of nitriles is 1. The summed E-state index contributed by atoms with van der Waals surface area (Å²) in [5, 5.41) is 55.0. The van der Waals surface area contributed by atoms with Crippen molar-refractivity contribution in [1.29, 1.82) is 5.26 Å². The van der Waals surface area contributed by atoms with Gasteiger partial charge in [-0.1, -0.05) is 6.07 Å². The molecule has 0 aliphatic heterocycles. The number of aliphatic hydroxyl groups is 3. The van der Waals surface area contributed by atoms with Gasteiger partial charge >= 0.3 is 6.09 Å². The molecule has 0 saturated heterocycles. The third-order valence-corrected chi connectivity index (χ3v) is 7.10. The van der Waals surface area contributed by atoms with Crippen LogP contribution in [0.15, 0.2) is 34.8 Å². The van der Waals surface area contributed by atoms with E-state index in [9.17, 15) is 39.6 Å². The molecule has 1 aromatic carbocycles. The van der Waals surface area contributed by atoms with Crippen LogP contribution in [0.2, 0.25) is 0 Å². The van der Waals surface area contributed by atoms with Crippen molar-refractivity contribution in [2.24, 2.45) is 17.6 Å². The van der Waals surface area contributed by atoms with Gasteiger partial charge in [0.25, 0.3) is 5.91 Å². The van der Waals surface area contributed by atoms with Gasteiger partial charge in [-0.2, -0.15) is 5.26 Å². The number of Topliss-reactive ketones (excluding diaryl/α,β-unsaturated/α-hetero) is 2. The number of amides is 2. The normalized spacial score (nSPS) is 26.7. The first kappa shape index (κ1) is 25.7. The number of carbonyl (C=O) groups is 4. The number of nitrogens with two attached hydrogens (primary N) is 1. The minimum absolute atomic E-state index is 0.0347. The number of fused-ring (bicyclic) bond motifs is 3. The number of benzene rings is 1. The number of primary amides is 1. The van der Waals surface area contributed by atoms with E-state index < -0.39 is 76.5 Å². The predicted molar refractivity (Wildman–Crippen MR) is 124 cm³/mol. The molecule has 13 nitrogen and oxygen atoms in total. The summed E-state index contributed by atoms with van der Waals surface area (Å²) >= 11 is 0. The third-order valence-electron chi connectivity index (χ3n) is 7.10. The van der Waals surface area contributed by atoms with E-state index in [1.807, 2.05) is 0 Å². The SMILES string of the molecule is CN(C)[C@@H]1C(O)=C(C(N)=O)C(=O)[C@@]2(O)C(O)=C3C(=O)c4c(ccc(NC(=O)OCC#N)c4O)C[C@H]3C[C@@H]12. The van der Waals surface area contributed by atoms with Gasteiger partial charge in [0.15, 0.2) is 23.7 Å². The first-order chi connectivity index (χ1) is 17.4. The number of carbonyl (C=O) groups excluding carboxylic acids is 4. The topological polar surface area (TPSA) is 224 Å². The minimum Gasteiger partial charge on any atom is -0.510 e. The molecule has 3 aliphatic rings. The minimum atomic E-state index is -2.74. The summed E-state index contributed by atoms with van der Waals surface area (Å²) in [6.07, 6.45) is -0.975. The van der Waals surface area contributed by atoms with Gasteiger partial charge in [0.2, 0.25) is 5.78 Å². The van der Waals surface area contributed by atoms with E-state index in [1.54, 1.807) is 20.2 Å². The molecular weight excluding hydrogens is 488 g/mol. The molecule has 13 heteroatoms. The van der Waals surface area contributed by atoms with Gasteiger partial charge in [-0.15, -0.1) is 0 Å². The largest absolute Gasteiger partial charge is 0.510 e. The van der Waals surface area contributed by atoms with E-state index >= 15 is 0 Å². The highest BCUT2D eigenvalue weighted by Gasteiger charge is 2.63. The summed E-state index contributed by atoms with van der Waals surface area (Å²) in [6, 6.07) is 3.35. The Labute approximate surface area is 210 Å². The number of aliphatic hydroxyl groups excluding tert-OH is 2. The van der Waals surface area contributed by atoms with Crippen LogP contribution >= 0.6 is 0 Å². The monoisotopic (exact) mass is 512 g/mol. The van der Waals surface area contributed by atoms with E-state index in [-0.39, 0.29) is 29.7 Å². The molecule has 0 spiro atoms. The van der Waals surface area contributed by atoms with Gasteiger partial charge in [0, 0.05) is 11.5 Å². The average molecular weight is 512 g/mol. The van der Waals surface area contributed by atoms with Crippen LogP contribution in [0.1, 0.15) is 22.3 Å². The summed E-state index contributed by atoms with van der Waals surface area (Å²) in [6.45, 7) is -0.544. The van der Waals surface area contributed by atoms with Gasteiger partial charge in [-0.3, -0.25) is 24.6 Å². The van der Waals surface area contributed by atoms with Gasteiger partial charge < -0.3 is 30.9 Å². The summed E-state index contributed by atoms with van der Waals surface area (Å²) < 4.78 is 4.58. The molecule has 2 amide bonds. The van der Waals surface area contributed by atoms with Crippen molar-refractivity contribution in [3.05, 3.63) is 45.9 Å². The van der Waals surface area contributed by atoms with Gasteiger partial charge in [-0.25, -0.2) is 4.79 Å². The lowest BCUT2D eigenvalue weighted by molar-refractivity contribution is -0.148. The van der Waals surface area contributed by atoms with Crippen LogP contribution in [0, 0.1) is 23.2 Å². The fourth-order valence-corrected chi connectivity index (χ4v) is 5.57. The molecular formula is C24H24N4O9. The van der Waals surface area contributed by atoms with Crippen molar-refractivity contribution in [3.63, 3.8) is 0 Å². The molecule has 0 unspecified atom stereocenters. The highest BCUT2D eigenvalue weighted by molar-refractivity contribution is 6.25. The maximum atomic E-state index is 13.6. The second-order valence-electron chi connectivity index (χ2n) is 9.32. The Morgan fingerprint density at radius 1 is 1.27 bits per heavy atom. The Hall–Kier alpha value is -4.41. The fraction of sp³-hybridized carbons (Fsp3) is 0.375. The molecule has 0 radical (unpaired) electrons. The maximum Gasteiger partial charge on any atom is 0.412 e. The number of rotatable bonds is 4. The van der Waals surface area contributed by atoms with E-state index in [4.69, 9.17) is 11.0 Å². The van der Waals surface area contributed by atoms with Crippen LogP contribution in [0.3, 0.4) is 0 Å². The van der Waals surface area contributed by atoms with Crippen molar-refractivity contribution in [2.45, 2.75) is 24.5 Å². The number of anilines is 1. The standard InChI is InChI=1S/C24H24N4O9/c1-28(2)16-11-8-10-7-9-3-4-12(27-23(35)37-6-5-25)17(29)13(9)18(30)14(10)20(32)24(11,36)21(33)15(19(16)31)22(26)34/h3-4,10-11,16,29,31-32,36H,6-8H2,1-2H3,(H2,26,34)(H,27,35)/t10-,11-,16-,24-/m0/s1. The Bertz CT molecular complexity index is 1360. The number of aromatic hydroxyl groups is 1. The highest BCUT2D eigenvalue weighted by atomic mass is 16.5. The fourth-order valence-electron chi connectivity index (χ4n) is 5.57. The molecule has 0 aromatic heterocycles. The second kappa shape index (κ2) is 8.91. The number of ether oxygens (including phenoxy) is 1. The van der Waals surface area contributed by atoms with E-state index in [0.29, 0.717) is 5.56 Å². The van der Waals surface area contributed by atoms with Gasteiger partial charge in [-0.05, 0) is 44.5 Å². The average Bonchev–Trinajstić information content (AvgIpc) is 2.81. The van der Waals surface area contributed by atoms with Crippen LogP contribution in [0.4, 0.5) is 10.5 Å². The lowest BCUT2D eigenvalue weighted by atomic mass is 9.58. The van der Waals surface area contributed by atoms with Crippen molar-refractivity contribution in [3.8, 4) is 11.8 Å². The van der Waals surface area contributed by atoms with Crippen LogP contribution in [-0.4, -0.2) is 81.2 Å². The molecule has 3 aliphatic carbocycles. The number of allylic oxidation sites excluding steroid dienone is 1. The summed E-state index contributed by atoms with van der Waals surface area (Å²) in [5.74, 6) is -7.63. The number of phenols is 1. The Balaban J connectivity index is 1.84. The molecule has 37 heavy (non-hydrogen) atoms. The number of ketones is 2. The molecule has 0 fully saturated rings. The lowest BCUT2D eigenvalue weighted by Crippen LogP contribution is -2.63. The van der Waals surface area contributed by atoms with Crippen LogP contribution in [0.25, 0.3) is 0 Å². The van der Waals surface area contributed by atoms with Gasteiger partial charge in [0.05, 0.1) is 17.3 Å². The second-order valence-corrected chi connectivity index (χ2v) is 9.32. The van der Waals surface area contributed by atoms with Crippen LogP contribution in [-0.2, 0) is 20.7 Å². The van der Waals surface area contributed by atoms with E-state index in [1.165, 1.54) is 17.0 Å².